The van der Waals surface area contributed by atoms with Crippen LogP contribution in [0.15, 0.2) is 5.10 Å². The lowest BCUT2D eigenvalue weighted by Gasteiger charge is -2.15. The summed E-state index contributed by atoms with van der Waals surface area (Å²) in [7, 11) is 0. The molecule has 0 radical (unpaired) electrons. The van der Waals surface area contributed by atoms with Crippen LogP contribution in [0.25, 0.3) is 0 Å². The van der Waals surface area contributed by atoms with Crippen molar-refractivity contribution in [2.45, 2.75) is 26.2 Å². The van der Waals surface area contributed by atoms with Crippen LogP contribution >= 0.6 is 12.2 Å². The van der Waals surface area contributed by atoms with Gasteiger partial charge in [-0.3, -0.25) is 5.43 Å². The van der Waals surface area contributed by atoms with E-state index >= 15 is 0 Å². The molecule has 3 N–H and O–H groups in total. The number of rotatable bonds is 2. The van der Waals surface area contributed by atoms with Gasteiger partial charge in [-0.15, -0.1) is 0 Å². The molecule has 14 heavy (non-hydrogen) atoms. The predicted molar refractivity (Wildman–Crippen MR) is 63.3 cm³/mol. The van der Waals surface area contributed by atoms with Crippen LogP contribution < -0.4 is 11.2 Å². The van der Waals surface area contributed by atoms with Crippen molar-refractivity contribution in [2.24, 2.45) is 10.8 Å². The predicted octanol–water partition coefficient (Wildman–Crippen LogP) is 0.681. The van der Waals surface area contributed by atoms with E-state index < -0.39 is 0 Å². The van der Waals surface area contributed by atoms with Gasteiger partial charge in [0, 0.05) is 18.7 Å². The van der Waals surface area contributed by atoms with Gasteiger partial charge in [-0.25, -0.2) is 0 Å². The monoisotopic (exact) mass is 214 g/mol. The molecule has 0 aromatic rings. The van der Waals surface area contributed by atoms with Gasteiger partial charge >= 0.3 is 0 Å². The summed E-state index contributed by atoms with van der Waals surface area (Å²) in [4.78, 5) is 2.43. The van der Waals surface area contributed by atoms with Crippen molar-refractivity contribution in [1.29, 1.82) is 0 Å². The lowest BCUT2D eigenvalue weighted by molar-refractivity contribution is 0.303. The average Bonchev–Trinajstić information content (AvgIpc) is 2.39. The number of hydrogen-bond acceptors (Lipinski definition) is 3. The zero-order valence-electron chi connectivity index (χ0n) is 8.62. The zero-order chi connectivity index (χ0) is 10.4. The van der Waals surface area contributed by atoms with Gasteiger partial charge in [-0.1, -0.05) is 6.92 Å². The summed E-state index contributed by atoms with van der Waals surface area (Å²) in [5.74, 6) is 0. The fraction of sp³-hybridized carbons (Fsp3) is 0.778. The Labute approximate surface area is 90.5 Å². The van der Waals surface area contributed by atoms with Crippen molar-refractivity contribution in [3.63, 3.8) is 0 Å². The molecule has 1 rings (SSSR count). The molecular weight excluding hydrogens is 196 g/mol. The largest absolute Gasteiger partial charge is 0.375 e. The zero-order valence-corrected chi connectivity index (χ0v) is 9.44. The normalized spacial score (nSPS) is 21.9. The fourth-order valence-corrected chi connectivity index (χ4v) is 1.64. The van der Waals surface area contributed by atoms with Crippen molar-refractivity contribution in [3.8, 4) is 0 Å². The van der Waals surface area contributed by atoms with Gasteiger partial charge in [0.25, 0.3) is 0 Å². The topological polar surface area (TPSA) is 53.6 Å². The quantitative estimate of drug-likeness (QED) is 0.524. The van der Waals surface area contributed by atoms with Crippen LogP contribution in [0.2, 0.25) is 0 Å². The lowest BCUT2D eigenvalue weighted by atomic mass is 10.2. The molecule has 0 atom stereocenters. The number of hydrogen-bond donors (Lipinski definition) is 2. The average molecular weight is 214 g/mol. The molecule has 0 aromatic carbocycles. The van der Waals surface area contributed by atoms with Crippen LogP contribution in [0.4, 0.5) is 0 Å². The van der Waals surface area contributed by atoms with Crippen molar-refractivity contribution >= 4 is 23.0 Å². The van der Waals surface area contributed by atoms with E-state index in [0.29, 0.717) is 0 Å². The summed E-state index contributed by atoms with van der Waals surface area (Å²) in [6.07, 6.45) is 3.24. The molecule has 0 amide bonds. The lowest BCUT2D eigenvalue weighted by Crippen LogP contribution is -2.26. The van der Waals surface area contributed by atoms with Crippen LogP contribution in [-0.2, 0) is 0 Å². The fourth-order valence-electron chi connectivity index (χ4n) is 1.59. The summed E-state index contributed by atoms with van der Waals surface area (Å²) < 4.78 is 0. The molecule has 0 spiro atoms. The van der Waals surface area contributed by atoms with E-state index in [4.69, 9.17) is 18.0 Å². The second-order valence-electron chi connectivity index (χ2n) is 3.44. The molecule has 4 nitrogen and oxygen atoms in total. The molecule has 0 saturated carbocycles. The van der Waals surface area contributed by atoms with Gasteiger partial charge in [0.1, 0.15) is 0 Å². The van der Waals surface area contributed by atoms with E-state index in [-0.39, 0.29) is 5.11 Å². The molecule has 0 bridgehead atoms. The number of thiocarbonyl (C=S) groups is 1. The Balaban J connectivity index is 2.41. The van der Waals surface area contributed by atoms with Crippen molar-refractivity contribution < 1.29 is 0 Å². The standard InChI is InChI=1S/C9H18N4S/c1-2-13-6-3-4-8(5-7-13)11-12-9(10)14/h2-7H2,1H3,(H3,10,12,14). The smallest absolute Gasteiger partial charge is 0.184 e. The van der Waals surface area contributed by atoms with Gasteiger partial charge in [0.05, 0.1) is 0 Å². The number of nitrogens with two attached hydrogens (primary N) is 1. The molecule has 1 aliphatic rings. The van der Waals surface area contributed by atoms with Gasteiger partial charge in [-0.2, -0.15) is 5.10 Å². The minimum absolute atomic E-state index is 0.245. The Kier molecular flexibility index (Phi) is 4.82. The van der Waals surface area contributed by atoms with E-state index in [1.807, 2.05) is 0 Å². The highest BCUT2D eigenvalue weighted by molar-refractivity contribution is 7.80. The highest BCUT2D eigenvalue weighted by atomic mass is 32.1. The second kappa shape index (κ2) is 5.93. The molecule has 0 aromatic heterocycles. The molecule has 1 heterocycles. The maximum atomic E-state index is 5.30. The van der Waals surface area contributed by atoms with E-state index in [0.717, 1.165) is 25.9 Å². The SMILES string of the molecule is CCN1CCCC(=NNC(N)=S)CC1. The molecule has 1 saturated heterocycles. The van der Waals surface area contributed by atoms with Gasteiger partial charge in [-0.05, 0) is 38.1 Å². The minimum Gasteiger partial charge on any atom is -0.375 e. The van der Waals surface area contributed by atoms with Crippen LogP contribution in [0.3, 0.4) is 0 Å². The van der Waals surface area contributed by atoms with E-state index in [1.165, 1.54) is 18.7 Å². The highest BCUT2D eigenvalue weighted by Gasteiger charge is 2.10. The maximum Gasteiger partial charge on any atom is 0.184 e. The van der Waals surface area contributed by atoms with E-state index in [2.05, 4.69) is 22.4 Å². The molecule has 0 unspecified atom stereocenters. The molecular formula is C9H18N4S. The van der Waals surface area contributed by atoms with Crippen molar-refractivity contribution in [3.05, 3.63) is 0 Å². The van der Waals surface area contributed by atoms with Crippen LogP contribution in [0.1, 0.15) is 26.2 Å². The molecule has 5 heteroatoms. The van der Waals surface area contributed by atoms with Crippen molar-refractivity contribution in [2.75, 3.05) is 19.6 Å². The van der Waals surface area contributed by atoms with E-state index in [9.17, 15) is 0 Å². The summed E-state index contributed by atoms with van der Waals surface area (Å²) in [6.45, 7) is 5.57. The first-order valence-electron chi connectivity index (χ1n) is 5.05. The Bertz CT molecular complexity index is 227. The first-order chi connectivity index (χ1) is 6.72. The van der Waals surface area contributed by atoms with Crippen LogP contribution in [0.5, 0.6) is 0 Å². The Morgan fingerprint density at radius 1 is 1.57 bits per heavy atom. The third-order valence-electron chi connectivity index (χ3n) is 2.43. The molecule has 1 fully saturated rings. The maximum absolute atomic E-state index is 5.30. The third kappa shape index (κ3) is 4.02. The van der Waals surface area contributed by atoms with Crippen molar-refractivity contribution in [1.82, 2.24) is 10.3 Å². The highest BCUT2D eigenvalue weighted by Crippen LogP contribution is 2.07. The van der Waals surface area contributed by atoms with Gasteiger partial charge < -0.3 is 10.6 Å². The number of nitrogens with one attached hydrogen (secondary N) is 1. The van der Waals surface area contributed by atoms with Crippen LogP contribution in [-0.4, -0.2) is 35.4 Å². The number of hydrazone groups is 1. The summed E-state index contributed by atoms with van der Waals surface area (Å²) in [6, 6.07) is 0. The molecule has 1 aliphatic heterocycles. The third-order valence-corrected chi connectivity index (χ3v) is 2.52. The summed E-state index contributed by atoms with van der Waals surface area (Å²) in [5.41, 5.74) is 9.13. The first-order valence-corrected chi connectivity index (χ1v) is 5.46. The van der Waals surface area contributed by atoms with Gasteiger partial charge in [0.2, 0.25) is 0 Å². The summed E-state index contributed by atoms with van der Waals surface area (Å²) >= 11 is 4.69. The second-order valence-corrected chi connectivity index (χ2v) is 3.88. The first kappa shape index (κ1) is 11.4. The minimum atomic E-state index is 0.245. The number of nitrogens with zero attached hydrogens (tertiary/aromatic N) is 2. The number of likely N-dealkylation sites (tertiary alicyclic amines) is 1. The molecule has 0 aliphatic carbocycles. The van der Waals surface area contributed by atoms with Crippen LogP contribution in [0, 0.1) is 0 Å². The molecule has 80 valence electrons. The van der Waals surface area contributed by atoms with Gasteiger partial charge in [0.15, 0.2) is 5.11 Å². The summed E-state index contributed by atoms with van der Waals surface area (Å²) in [5, 5.41) is 4.43. The Hall–Kier alpha value is -0.680. The Morgan fingerprint density at radius 2 is 2.36 bits per heavy atom. The van der Waals surface area contributed by atoms with E-state index in [1.54, 1.807) is 0 Å². The Morgan fingerprint density at radius 3 is 3.00 bits per heavy atom.